The van der Waals surface area contributed by atoms with E-state index in [1.807, 2.05) is 60.7 Å². The standard InChI is InChI=1S/C22H16N4O2S/c1-28-16-9-7-15(8-10-16)26-13-24-19-18-17(25-14-5-3-2-4-6-14)11-12-23-21(18)29-20(19)22(26)27/h2-13H,1H3,(H,23,25). The monoisotopic (exact) mass is 400 g/mol. The number of fused-ring (bicyclic) bond motifs is 3. The Morgan fingerprint density at radius 3 is 2.55 bits per heavy atom. The number of ether oxygens (including phenoxy) is 1. The second kappa shape index (κ2) is 7.03. The fourth-order valence-corrected chi connectivity index (χ4v) is 4.31. The summed E-state index contributed by atoms with van der Waals surface area (Å²) in [6.45, 7) is 0. The van der Waals surface area contributed by atoms with Crippen LogP contribution in [0.15, 0.2) is 78.0 Å². The number of nitrogens with one attached hydrogen (secondary N) is 1. The van der Waals surface area contributed by atoms with Crippen LogP contribution < -0.4 is 15.6 Å². The van der Waals surface area contributed by atoms with E-state index in [0.29, 0.717) is 10.2 Å². The normalized spacial score (nSPS) is 11.1. The lowest BCUT2D eigenvalue weighted by molar-refractivity contribution is 0.414. The summed E-state index contributed by atoms with van der Waals surface area (Å²) in [6.07, 6.45) is 3.31. The van der Waals surface area contributed by atoms with Crippen LogP contribution in [0.1, 0.15) is 0 Å². The minimum Gasteiger partial charge on any atom is -0.497 e. The van der Waals surface area contributed by atoms with Crippen molar-refractivity contribution >= 4 is 43.1 Å². The van der Waals surface area contributed by atoms with Gasteiger partial charge in [0.25, 0.3) is 5.56 Å². The number of hydrogen-bond acceptors (Lipinski definition) is 6. The van der Waals surface area contributed by atoms with Crippen LogP contribution in [0.4, 0.5) is 11.4 Å². The summed E-state index contributed by atoms with van der Waals surface area (Å²) in [5.41, 5.74) is 3.12. The van der Waals surface area contributed by atoms with Crippen molar-refractivity contribution in [3.8, 4) is 11.4 Å². The third-order valence-corrected chi connectivity index (χ3v) is 5.76. The van der Waals surface area contributed by atoms with E-state index in [-0.39, 0.29) is 5.56 Å². The van der Waals surface area contributed by atoms with Gasteiger partial charge in [-0.3, -0.25) is 9.36 Å². The van der Waals surface area contributed by atoms with Gasteiger partial charge < -0.3 is 10.1 Å². The SMILES string of the molecule is COc1ccc(-n2cnc3c(sc4nccc(Nc5ccccc5)c43)c2=O)cc1. The van der Waals surface area contributed by atoms with E-state index < -0.39 is 0 Å². The molecule has 0 bridgehead atoms. The lowest BCUT2D eigenvalue weighted by Gasteiger charge is -2.08. The number of nitrogens with zero attached hydrogens (tertiary/aromatic N) is 3. The summed E-state index contributed by atoms with van der Waals surface area (Å²) in [4.78, 5) is 23.0. The van der Waals surface area contributed by atoms with Gasteiger partial charge in [0.05, 0.1) is 23.9 Å². The number of para-hydroxylation sites is 1. The largest absolute Gasteiger partial charge is 0.497 e. The van der Waals surface area contributed by atoms with Crippen molar-refractivity contribution in [1.29, 1.82) is 0 Å². The first-order valence-electron chi connectivity index (χ1n) is 9.00. The lowest BCUT2D eigenvalue weighted by Crippen LogP contribution is -2.17. The maximum atomic E-state index is 13.2. The molecule has 2 aromatic carbocycles. The number of pyridine rings is 1. The first-order chi connectivity index (χ1) is 14.2. The molecule has 29 heavy (non-hydrogen) atoms. The summed E-state index contributed by atoms with van der Waals surface area (Å²) in [5.74, 6) is 0.735. The van der Waals surface area contributed by atoms with Crippen molar-refractivity contribution in [3.63, 3.8) is 0 Å². The molecule has 142 valence electrons. The van der Waals surface area contributed by atoms with Crippen LogP contribution >= 0.6 is 11.3 Å². The fourth-order valence-electron chi connectivity index (χ4n) is 3.26. The molecule has 0 radical (unpaired) electrons. The zero-order chi connectivity index (χ0) is 19.8. The lowest BCUT2D eigenvalue weighted by atomic mass is 10.2. The zero-order valence-corrected chi connectivity index (χ0v) is 16.3. The van der Waals surface area contributed by atoms with Crippen molar-refractivity contribution in [2.45, 2.75) is 0 Å². The van der Waals surface area contributed by atoms with Gasteiger partial charge in [0.1, 0.15) is 27.1 Å². The Bertz CT molecular complexity index is 1380. The number of aromatic nitrogens is 3. The van der Waals surface area contributed by atoms with Crippen LogP contribution in [-0.4, -0.2) is 21.6 Å². The average Bonchev–Trinajstić information content (AvgIpc) is 3.16. The number of methoxy groups -OCH3 is 1. The van der Waals surface area contributed by atoms with Crippen LogP contribution in [0.25, 0.3) is 26.1 Å². The average molecular weight is 400 g/mol. The maximum Gasteiger partial charge on any atom is 0.275 e. The Balaban J connectivity index is 1.67. The van der Waals surface area contributed by atoms with Gasteiger partial charge in [-0.2, -0.15) is 0 Å². The molecule has 0 aliphatic carbocycles. The number of hydrogen-bond donors (Lipinski definition) is 1. The highest BCUT2D eigenvalue weighted by Gasteiger charge is 2.16. The van der Waals surface area contributed by atoms with Gasteiger partial charge in [-0.15, -0.1) is 11.3 Å². The number of thiophene rings is 1. The number of benzene rings is 2. The van der Waals surface area contributed by atoms with Crippen LogP contribution in [0.2, 0.25) is 0 Å². The van der Waals surface area contributed by atoms with Crippen molar-refractivity contribution in [3.05, 3.63) is 83.5 Å². The highest BCUT2D eigenvalue weighted by Crippen LogP contribution is 2.35. The summed E-state index contributed by atoms with van der Waals surface area (Å²) in [6, 6.07) is 19.1. The molecule has 0 amide bonds. The van der Waals surface area contributed by atoms with Gasteiger partial charge in [-0.05, 0) is 42.5 Å². The van der Waals surface area contributed by atoms with Gasteiger partial charge in [0, 0.05) is 11.9 Å². The van der Waals surface area contributed by atoms with Crippen molar-refractivity contribution in [1.82, 2.24) is 14.5 Å². The van der Waals surface area contributed by atoms with Crippen molar-refractivity contribution < 1.29 is 4.74 Å². The van der Waals surface area contributed by atoms with E-state index in [1.54, 1.807) is 24.2 Å². The summed E-state index contributed by atoms with van der Waals surface area (Å²) in [7, 11) is 1.61. The Kier molecular flexibility index (Phi) is 4.22. The molecule has 3 heterocycles. The molecule has 0 aliphatic rings. The highest BCUT2D eigenvalue weighted by atomic mass is 32.1. The summed E-state index contributed by atoms with van der Waals surface area (Å²) >= 11 is 1.36. The third-order valence-electron chi connectivity index (χ3n) is 4.69. The van der Waals surface area contributed by atoms with Gasteiger partial charge in [-0.1, -0.05) is 18.2 Å². The van der Waals surface area contributed by atoms with Crippen LogP contribution in [0, 0.1) is 0 Å². The van der Waals surface area contributed by atoms with Crippen molar-refractivity contribution in [2.24, 2.45) is 0 Å². The number of anilines is 2. The molecule has 0 spiro atoms. The first-order valence-corrected chi connectivity index (χ1v) is 9.81. The predicted octanol–water partition coefficient (Wildman–Crippen LogP) is 4.75. The van der Waals surface area contributed by atoms with Crippen LogP contribution in [0.3, 0.4) is 0 Å². The van der Waals surface area contributed by atoms with E-state index >= 15 is 0 Å². The molecule has 3 aromatic heterocycles. The zero-order valence-electron chi connectivity index (χ0n) is 15.5. The second-order valence-electron chi connectivity index (χ2n) is 6.43. The number of rotatable bonds is 4. The molecule has 0 unspecified atom stereocenters. The molecule has 0 saturated carbocycles. The van der Waals surface area contributed by atoms with E-state index in [1.165, 1.54) is 11.3 Å². The van der Waals surface area contributed by atoms with Crippen molar-refractivity contribution in [2.75, 3.05) is 12.4 Å². The quantitative estimate of drug-likeness (QED) is 0.472. The fraction of sp³-hybridized carbons (Fsp3) is 0.0455. The molecular formula is C22H16N4O2S. The Morgan fingerprint density at radius 2 is 1.79 bits per heavy atom. The molecule has 0 aliphatic heterocycles. The third kappa shape index (κ3) is 3.01. The molecule has 7 heteroatoms. The van der Waals surface area contributed by atoms with Crippen LogP contribution in [-0.2, 0) is 0 Å². The molecule has 6 nitrogen and oxygen atoms in total. The molecule has 1 N–H and O–H groups in total. The minimum absolute atomic E-state index is 0.117. The Hall–Kier alpha value is -3.71. The topological polar surface area (TPSA) is 69.0 Å². The van der Waals surface area contributed by atoms with Gasteiger partial charge in [-0.25, -0.2) is 9.97 Å². The summed E-state index contributed by atoms with van der Waals surface area (Å²) < 4.78 is 7.31. The molecule has 5 aromatic rings. The van der Waals surface area contributed by atoms with Gasteiger partial charge >= 0.3 is 0 Å². The van der Waals surface area contributed by atoms with Crippen LogP contribution in [0.5, 0.6) is 5.75 Å². The Labute approximate surface area is 170 Å². The predicted molar refractivity (Wildman–Crippen MR) is 117 cm³/mol. The molecule has 0 saturated heterocycles. The minimum atomic E-state index is -0.117. The maximum absolute atomic E-state index is 13.2. The molecular weight excluding hydrogens is 384 g/mol. The van der Waals surface area contributed by atoms with E-state index in [4.69, 9.17) is 4.74 Å². The highest BCUT2D eigenvalue weighted by molar-refractivity contribution is 7.25. The second-order valence-corrected chi connectivity index (χ2v) is 7.43. The van der Waals surface area contributed by atoms with E-state index in [9.17, 15) is 4.79 Å². The first kappa shape index (κ1) is 17.4. The molecule has 0 atom stereocenters. The summed E-state index contributed by atoms with van der Waals surface area (Å²) in [5, 5.41) is 4.26. The van der Waals surface area contributed by atoms with E-state index in [2.05, 4.69) is 15.3 Å². The molecule has 0 fully saturated rings. The Morgan fingerprint density at radius 1 is 1.00 bits per heavy atom. The molecule has 5 rings (SSSR count). The van der Waals surface area contributed by atoms with Gasteiger partial charge in [0.15, 0.2) is 0 Å². The smallest absolute Gasteiger partial charge is 0.275 e. The van der Waals surface area contributed by atoms with Gasteiger partial charge in [0.2, 0.25) is 0 Å². The van der Waals surface area contributed by atoms with E-state index in [0.717, 1.165) is 33.0 Å².